The number of rotatable bonds is 11. The summed E-state index contributed by atoms with van der Waals surface area (Å²) in [5.41, 5.74) is 1.95. The normalized spacial score (nSPS) is 12.7. The van der Waals surface area contributed by atoms with Crippen LogP contribution in [0.15, 0.2) is 48.5 Å². The maximum absolute atomic E-state index is 13.2. The third-order valence-corrected chi connectivity index (χ3v) is 5.57. The van der Waals surface area contributed by atoms with Gasteiger partial charge in [-0.05, 0) is 55.5 Å². The molecule has 0 fully saturated rings. The van der Waals surface area contributed by atoms with E-state index in [0.29, 0.717) is 12.3 Å². The van der Waals surface area contributed by atoms with Crippen LogP contribution in [-0.2, 0) is 16.1 Å². The van der Waals surface area contributed by atoms with Crippen LogP contribution in [-0.4, -0.2) is 42.5 Å². The molecule has 0 saturated heterocycles. The largest absolute Gasteiger partial charge is 0.497 e. The second-order valence-electron chi connectivity index (χ2n) is 8.34. The maximum Gasteiger partial charge on any atom is 0.261 e. The Bertz CT molecular complexity index is 880. The monoisotopic (exact) mass is 440 g/mol. The number of hydrogen-bond donors (Lipinski definition) is 1. The number of carbonyl (C=O) groups excluding carboxylic acids is 2. The van der Waals surface area contributed by atoms with Crippen LogP contribution < -0.4 is 14.8 Å². The first-order chi connectivity index (χ1) is 15.3. The molecule has 0 unspecified atom stereocenters. The summed E-state index contributed by atoms with van der Waals surface area (Å²) in [6, 6.07) is 14.6. The van der Waals surface area contributed by atoms with Crippen LogP contribution in [0.25, 0.3) is 0 Å². The fourth-order valence-electron chi connectivity index (χ4n) is 3.29. The zero-order valence-electron chi connectivity index (χ0n) is 20.1. The van der Waals surface area contributed by atoms with Crippen molar-refractivity contribution in [2.45, 2.75) is 65.6 Å². The first-order valence-corrected chi connectivity index (χ1v) is 11.2. The van der Waals surface area contributed by atoms with Crippen molar-refractivity contribution in [1.29, 1.82) is 0 Å². The summed E-state index contributed by atoms with van der Waals surface area (Å²) in [7, 11) is 1.61. The molecule has 0 aromatic heterocycles. The van der Waals surface area contributed by atoms with E-state index in [4.69, 9.17) is 9.47 Å². The maximum atomic E-state index is 13.2. The van der Waals surface area contributed by atoms with Crippen molar-refractivity contribution >= 4 is 11.8 Å². The molecule has 0 heterocycles. The molecule has 0 radical (unpaired) electrons. The van der Waals surface area contributed by atoms with Gasteiger partial charge in [0.25, 0.3) is 5.91 Å². The van der Waals surface area contributed by atoms with Gasteiger partial charge in [-0.2, -0.15) is 0 Å². The smallest absolute Gasteiger partial charge is 0.261 e. The first kappa shape index (κ1) is 25.2. The van der Waals surface area contributed by atoms with E-state index in [0.717, 1.165) is 23.3 Å². The third-order valence-electron chi connectivity index (χ3n) is 5.57. The fourth-order valence-corrected chi connectivity index (χ4v) is 3.29. The predicted molar refractivity (Wildman–Crippen MR) is 127 cm³/mol. The van der Waals surface area contributed by atoms with Crippen molar-refractivity contribution in [2.75, 3.05) is 13.7 Å². The van der Waals surface area contributed by atoms with Gasteiger partial charge in [0.2, 0.25) is 5.91 Å². The molecule has 174 valence electrons. The number of carbonyl (C=O) groups is 2. The molecule has 0 bridgehead atoms. The Hall–Kier alpha value is -3.02. The van der Waals surface area contributed by atoms with Gasteiger partial charge in [-0.1, -0.05) is 51.1 Å². The summed E-state index contributed by atoms with van der Waals surface area (Å²) in [6.45, 7) is 10.0. The highest BCUT2D eigenvalue weighted by Gasteiger charge is 2.27. The summed E-state index contributed by atoms with van der Waals surface area (Å²) < 4.78 is 11.1. The number of ether oxygens (including phenoxy) is 2. The highest BCUT2D eigenvalue weighted by Crippen LogP contribution is 2.26. The van der Waals surface area contributed by atoms with E-state index < -0.39 is 6.04 Å². The number of para-hydroxylation sites is 1. The van der Waals surface area contributed by atoms with Gasteiger partial charge in [-0.15, -0.1) is 0 Å². The van der Waals surface area contributed by atoms with Crippen LogP contribution in [0.4, 0.5) is 0 Å². The van der Waals surface area contributed by atoms with Crippen LogP contribution in [0.5, 0.6) is 11.5 Å². The zero-order valence-corrected chi connectivity index (χ0v) is 20.1. The molecule has 0 aliphatic rings. The highest BCUT2D eigenvalue weighted by molar-refractivity contribution is 5.88. The molecule has 2 rings (SSSR count). The molecule has 32 heavy (non-hydrogen) atoms. The van der Waals surface area contributed by atoms with Crippen LogP contribution in [0.1, 0.15) is 58.1 Å². The molecule has 0 spiro atoms. The fraction of sp³-hybridized carbons (Fsp3) is 0.462. The van der Waals surface area contributed by atoms with E-state index in [-0.39, 0.29) is 30.4 Å². The molecule has 6 nitrogen and oxygen atoms in total. The van der Waals surface area contributed by atoms with E-state index in [1.54, 1.807) is 18.9 Å². The molecule has 2 amide bonds. The third kappa shape index (κ3) is 7.01. The van der Waals surface area contributed by atoms with Crippen LogP contribution in [0, 0.1) is 0 Å². The van der Waals surface area contributed by atoms with E-state index >= 15 is 0 Å². The molecule has 2 aromatic carbocycles. The molecule has 0 saturated carbocycles. The lowest BCUT2D eigenvalue weighted by molar-refractivity contribution is -0.142. The van der Waals surface area contributed by atoms with Crippen LogP contribution in [0.2, 0.25) is 0 Å². The van der Waals surface area contributed by atoms with Gasteiger partial charge in [0, 0.05) is 12.6 Å². The Kier molecular flexibility index (Phi) is 9.57. The molecular weight excluding hydrogens is 404 g/mol. The van der Waals surface area contributed by atoms with Gasteiger partial charge >= 0.3 is 0 Å². The number of nitrogens with zero attached hydrogens (tertiary/aromatic N) is 1. The average Bonchev–Trinajstić information content (AvgIpc) is 2.80. The van der Waals surface area contributed by atoms with Crippen LogP contribution in [0.3, 0.4) is 0 Å². The first-order valence-electron chi connectivity index (χ1n) is 11.2. The highest BCUT2D eigenvalue weighted by atomic mass is 16.5. The van der Waals surface area contributed by atoms with E-state index in [1.807, 2.05) is 62.4 Å². The van der Waals surface area contributed by atoms with Crippen molar-refractivity contribution in [2.24, 2.45) is 0 Å². The lowest BCUT2D eigenvalue weighted by Crippen LogP contribution is -2.50. The number of nitrogens with one attached hydrogen (secondary N) is 1. The molecule has 0 aliphatic heterocycles. The minimum atomic E-state index is -0.637. The minimum Gasteiger partial charge on any atom is -0.497 e. The van der Waals surface area contributed by atoms with Gasteiger partial charge < -0.3 is 19.7 Å². The van der Waals surface area contributed by atoms with Crippen molar-refractivity contribution in [3.05, 3.63) is 59.7 Å². The van der Waals surface area contributed by atoms with Crippen LogP contribution >= 0.6 is 0 Å². The number of methoxy groups -OCH3 is 1. The van der Waals surface area contributed by atoms with Crippen molar-refractivity contribution in [3.63, 3.8) is 0 Å². The van der Waals surface area contributed by atoms with Gasteiger partial charge in [0.15, 0.2) is 6.61 Å². The second-order valence-corrected chi connectivity index (χ2v) is 8.34. The van der Waals surface area contributed by atoms with Gasteiger partial charge in [0.05, 0.1) is 7.11 Å². The molecular formula is C26H36N2O4. The van der Waals surface area contributed by atoms with Crippen molar-refractivity contribution in [1.82, 2.24) is 10.2 Å². The summed E-state index contributed by atoms with van der Waals surface area (Å²) in [4.78, 5) is 27.6. The van der Waals surface area contributed by atoms with Gasteiger partial charge in [-0.3, -0.25) is 9.59 Å². The van der Waals surface area contributed by atoms with Crippen molar-refractivity contribution < 1.29 is 19.1 Å². The quantitative estimate of drug-likeness (QED) is 0.557. The van der Waals surface area contributed by atoms with E-state index in [9.17, 15) is 9.59 Å². The average molecular weight is 441 g/mol. The lowest BCUT2D eigenvalue weighted by atomic mass is 10.0. The number of benzene rings is 2. The Morgan fingerprint density at radius 1 is 1.00 bits per heavy atom. The Labute approximate surface area is 191 Å². The Morgan fingerprint density at radius 2 is 1.66 bits per heavy atom. The van der Waals surface area contributed by atoms with Gasteiger partial charge in [0.1, 0.15) is 17.5 Å². The number of hydrogen-bond acceptors (Lipinski definition) is 4. The second kappa shape index (κ2) is 12.1. The molecule has 6 heteroatoms. The molecule has 0 aliphatic carbocycles. The molecule has 2 atom stereocenters. The Morgan fingerprint density at radius 3 is 2.25 bits per heavy atom. The topological polar surface area (TPSA) is 67.9 Å². The minimum absolute atomic E-state index is 0.0389. The van der Waals surface area contributed by atoms with E-state index in [1.165, 1.54) is 0 Å². The lowest BCUT2D eigenvalue weighted by Gasteiger charge is -2.30. The SMILES string of the molecule is CC[C@H](C)NC(=O)[C@@H](C)N(Cc1ccc(OC)cc1)C(=O)COc1ccccc1C(C)C. The summed E-state index contributed by atoms with van der Waals surface area (Å²) in [5, 5.41) is 2.97. The molecule has 1 N–H and O–H groups in total. The van der Waals surface area contributed by atoms with Gasteiger partial charge in [-0.25, -0.2) is 0 Å². The summed E-state index contributed by atoms with van der Waals surface area (Å²) in [5.74, 6) is 1.28. The standard InChI is InChI=1S/C26H36N2O4/c1-7-19(4)27-26(30)20(5)28(16-21-12-14-22(31-6)15-13-21)25(29)17-32-24-11-9-8-10-23(24)18(2)3/h8-15,18-20H,7,16-17H2,1-6H3,(H,27,30)/t19-,20+/m0/s1. The molecule has 2 aromatic rings. The predicted octanol–water partition coefficient (Wildman–Crippen LogP) is 4.53. The number of amides is 2. The zero-order chi connectivity index (χ0) is 23.7. The summed E-state index contributed by atoms with van der Waals surface area (Å²) in [6.07, 6.45) is 0.819. The summed E-state index contributed by atoms with van der Waals surface area (Å²) >= 11 is 0. The van der Waals surface area contributed by atoms with Crippen molar-refractivity contribution in [3.8, 4) is 11.5 Å². The van der Waals surface area contributed by atoms with E-state index in [2.05, 4.69) is 19.2 Å². The Balaban J connectivity index is 2.20.